The van der Waals surface area contributed by atoms with Crippen LogP contribution in [-0.2, 0) is 16.8 Å². The van der Waals surface area contributed by atoms with Crippen molar-refractivity contribution in [2.45, 2.75) is 32.8 Å². The molecule has 0 radical (unpaired) electrons. The molecule has 0 aliphatic carbocycles. The second kappa shape index (κ2) is 10.8. The van der Waals surface area contributed by atoms with Crippen molar-refractivity contribution in [3.05, 3.63) is 94.5 Å². The van der Waals surface area contributed by atoms with E-state index in [0.29, 0.717) is 17.4 Å². The number of amides is 1. The van der Waals surface area contributed by atoms with Gasteiger partial charge in [-0.05, 0) is 59.0 Å². The van der Waals surface area contributed by atoms with Crippen molar-refractivity contribution < 1.29 is 14.3 Å². The molecular weight excluding hydrogens is 424 g/mol. The van der Waals surface area contributed by atoms with Crippen molar-refractivity contribution in [1.29, 1.82) is 0 Å². The lowest BCUT2D eigenvalue weighted by Gasteiger charge is -2.19. The Morgan fingerprint density at radius 3 is 2.22 bits per heavy atom. The minimum absolute atomic E-state index is 0.0740. The summed E-state index contributed by atoms with van der Waals surface area (Å²) in [5, 5.41) is 4.65. The Bertz CT molecular complexity index is 1060. The van der Waals surface area contributed by atoms with Gasteiger partial charge in [0.15, 0.2) is 6.61 Å². The first-order chi connectivity index (χ1) is 15.3. The van der Waals surface area contributed by atoms with Crippen molar-refractivity contribution in [2.75, 3.05) is 6.61 Å². The van der Waals surface area contributed by atoms with Crippen molar-refractivity contribution in [1.82, 2.24) is 5.43 Å². The lowest BCUT2D eigenvalue weighted by atomic mass is 9.87. The quantitative estimate of drug-likeness (QED) is 0.351. The van der Waals surface area contributed by atoms with E-state index in [4.69, 9.17) is 21.1 Å². The highest BCUT2D eigenvalue weighted by Gasteiger charge is 2.13. The van der Waals surface area contributed by atoms with E-state index in [2.05, 4.69) is 31.3 Å². The molecule has 6 heteroatoms. The summed E-state index contributed by atoms with van der Waals surface area (Å²) in [7, 11) is 0. The Hall–Kier alpha value is -3.31. The first-order valence-electron chi connectivity index (χ1n) is 10.3. The molecule has 0 unspecified atom stereocenters. The molecule has 0 aliphatic heterocycles. The van der Waals surface area contributed by atoms with Crippen LogP contribution in [0.1, 0.15) is 37.5 Å². The van der Waals surface area contributed by atoms with Gasteiger partial charge in [-0.1, -0.05) is 62.7 Å². The molecule has 5 nitrogen and oxygen atoms in total. The molecule has 0 atom stereocenters. The first-order valence-corrected chi connectivity index (χ1v) is 10.7. The highest BCUT2D eigenvalue weighted by atomic mass is 35.5. The molecule has 1 amide bonds. The summed E-state index contributed by atoms with van der Waals surface area (Å²) >= 11 is 6.14. The lowest BCUT2D eigenvalue weighted by molar-refractivity contribution is -0.123. The third-order valence-corrected chi connectivity index (χ3v) is 5.09. The van der Waals surface area contributed by atoms with Crippen molar-refractivity contribution >= 4 is 23.7 Å². The van der Waals surface area contributed by atoms with Gasteiger partial charge in [0.25, 0.3) is 5.91 Å². The number of halogens is 1. The molecule has 0 bridgehead atoms. The van der Waals surface area contributed by atoms with Crippen LogP contribution < -0.4 is 14.9 Å². The number of carbonyl (C=O) groups is 1. The molecule has 3 aromatic carbocycles. The maximum absolute atomic E-state index is 12.0. The van der Waals surface area contributed by atoms with Gasteiger partial charge in [-0.15, -0.1) is 0 Å². The predicted octanol–water partition coefficient (Wildman–Crippen LogP) is 5.75. The van der Waals surface area contributed by atoms with Gasteiger partial charge in [0.1, 0.15) is 18.1 Å². The highest BCUT2D eigenvalue weighted by Crippen LogP contribution is 2.24. The van der Waals surface area contributed by atoms with Gasteiger partial charge in [0.2, 0.25) is 0 Å². The smallest absolute Gasteiger partial charge is 0.277 e. The fourth-order valence-electron chi connectivity index (χ4n) is 2.84. The normalized spacial score (nSPS) is 11.4. The molecular formula is C26H27ClN2O3. The van der Waals surface area contributed by atoms with Gasteiger partial charge in [0, 0.05) is 10.6 Å². The zero-order chi connectivity index (χ0) is 23.0. The summed E-state index contributed by atoms with van der Waals surface area (Å²) in [6.45, 7) is 6.73. The molecule has 0 saturated heterocycles. The summed E-state index contributed by atoms with van der Waals surface area (Å²) in [5.41, 5.74) is 5.50. The largest absolute Gasteiger partial charge is 0.489 e. The van der Waals surface area contributed by atoms with Crippen molar-refractivity contribution in [2.24, 2.45) is 5.10 Å². The molecule has 3 aromatic rings. The van der Waals surface area contributed by atoms with Crippen LogP contribution in [0, 0.1) is 0 Å². The number of benzene rings is 3. The summed E-state index contributed by atoms with van der Waals surface area (Å²) < 4.78 is 11.3. The predicted molar refractivity (Wildman–Crippen MR) is 129 cm³/mol. The minimum Gasteiger partial charge on any atom is -0.489 e. The number of nitrogens with zero attached hydrogens (tertiary/aromatic N) is 1. The second-order valence-corrected chi connectivity index (χ2v) is 8.71. The van der Waals surface area contributed by atoms with Crippen LogP contribution >= 0.6 is 11.6 Å². The van der Waals surface area contributed by atoms with Crippen LogP contribution in [0.2, 0.25) is 5.02 Å². The number of nitrogens with one attached hydrogen (secondary N) is 1. The molecule has 0 heterocycles. The number of ether oxygens (including phenoxy) is 2. The molecule has 3 rings (SSSR count). The Morgan fingerprint density at radius 2 is 1.56 bits per heavy atom. The zero-order valence-electron chi connectivity index (χ0n) is 18.5. The van der Waals surface area contributed by atoms with E-state index in [-0.39, 0.29) is 17.9 Å². The molecule has 0 aliphatic rings. The van der Waals surface area contributed by atoms with Gasteiger partial charge in [-0.25, -0.2) is 5.43 Å². The number of carbonyl (C=O) groups excluding carboxylic acids is 1. The molecule has 32 heavy (non-hydrogen) atoms. The SMILES string of the molecule is CC(C)(C)c1ccc(OCC(=O)NN=Cc2ccc(OCc3ccccc3Cl)cc2)cc1. The third-order valence-electron chi connectivity index (χ3n) is 4.73. The molecule has 0 saturated carbocycles. The van der Waals surface area contributed by atoms with Crippen molar-refractivity contribution in [3.63, 3.8) is 0 Å². The van der Waals surface area contributed by atoms with Crippen LogP contribution in [0.5, 0.6) is 11.5 Å². The Kier molecular flexibility index (Phi) is 7.90. The zero-order valence-corrected chi connectivity index (χ0v) is 19.2. The Labute approximate surface area is 194 Å². The molecule has 0 spiro atoms. The number of hydrogen-bond donors (Lipinski definition) is 1. The van der Waals surface area contributed by atoms with E-state index in [9.17, 15) is 4.79 Å². The van der Waals surface area contributed by atoms with E-state index in [0.717, 1.165) is 16.9 Å². The Morgan fingerprint density at radius 1 is 0.938 bits per heavy atom. The average molecular weight is 451 g/mol. The lowest BCUT2D eigenvalue weighted by Crippen LogP contribution is -2.24. The van der Waals surface area contributed by atoms with E-state index in [1.54, 1.807) is 6.21 Å². The fourth-order valence-corrected chi connectivity index (χ4v) is 3.03. The minimum atomic E-state index is -0.333. The van der Waals surface area contributed by atoms with Crippen LogP contribution in [0.3, 0.4) is 0 Å². The maximum atomic E-state index is 12.0. The second-order valence-electron chi connectivity index (χ2n) is 8.31. The van der Waals surface area contributed by atoms with E-state index < -0.39 is 0 Å². The number of rotatable bonds is 8. The number of hydrazone groups is 1. The maximum Gasteiger partial charge on any atom is 0.277 e. The van der Waals surface area contributed by atoms with E-state index >= 15 is 0 Å². The van der Waals surface area contributed by atoms with Crippen LogP contribution in [0.4, 0.5) is 0 Å². The summed E-state index contributed by atoms with van der Waals surface area (Å²) in [6, 6.07) is 22.7. The van der Waals surface area contributed by atoms with Crippen LogP contribution in [0.25, 0.3) is 0 Å². The van der Waals surface area contributed by atoms with Crippen LogP contribution in [0.15, 0.2) is 77.9 Å². The van der Waals surface area contributed by atoms with Crippen LogP contribution in [-0.4, -0.2) is 18.7 Å². The molecule has 1 N–H and O–H groups in total. The number of hydrogen-bond acceptors (Lipinski definition) is 4. The molecule has 0 fully saturated rings. The monoisotopic (exact) mass is 450 g/mol. The first kappa shape index (κ1) is 23.4. The molecule has 166 valence electrons. The van der Waals surface area contributed by atoms with E-state index in [1.165, 1.54) is 5.56 Å². The summed E-state index contributed by atoms with van der Waals surface area (Å²) in [4.78, 5) is 12.0. The van der Waals surface area contributed by atoms with Crippen molar-refractivity contribution in [3.8, 4) is 11.5 Å². The van der Waals surface area contributed by atoms with Gasteiger partial charge in [-0.3, -0.25) is 4.79 Å². The van der Waals surface area contributed by atoms with Gasteiger partial charge in [-0.2, -0.15) is 5.10 Å². The van der Waals surface area contributed by atoms with Gasteiger partial charge in [0.05, 0.1) is 6.21 Å². The van der Waals surface area contributed by atoms with Gasteiger partial charge < -0.3 is 9.47 Å². The molecule has 0 aromatic heterocycles. The van der Waals surface area contributed by atoms with E-state index in [1.807, 2.05) is 72.8 Å². The Balaban J connectivity index is 1.42. The standard InChI is InChI=1S/C26H27ClN2O3/c1-26(2,3)21-10-14-23(15-11-21)32-18-25(30)29-28-16-19-8-12-22(13-9-19)31-17-20-6-4-5-7-24(20)27/h4-16H,17-18H2,1-3H3,(H,29,30). The average Bonchev–Trinajstić information content (AvgIpc) is 2.78. The fraction of sp³-hybridized carbons (Fsp3) is 0.231. The topological polar surface area (TPSA) is 59.9 Å². The summed E-state index contributed by atoms with van der Waals surface area (Å²) in [5.74, 6) is 1.03. The summed E-state index contributed by atoms with van der Waals surface area (Å²) in [6.07, 6.45) is 1.56. The highest BCUT2D eigenvalue weighted by molar-refractivity contribution is 6.31. The van der Waals surface area contributed by atoms with Gasteiger partial charge >= 0.3 is 0 Å². The third kappa shape index (κ3) is 7.13.